The Balaban J connectivity index is 1.71. The minimum atomic E-state index is -1.06. The molecule has 0 spiro atoms. The number of halogens is 1. The first-order valence-electron chi connectivity index (χ1n) is 9.48. The minimum Gasteiger partial charge on any atom is -0.389 e. The van der Waals surface area contributed by atoms with Crippen LogP contribution >= 0.6 is 0 Å². The SMILES string of the molecule is O=C1NC[C@H](O)Cn2cc(F)cc(c2=O)[C@H]2CCCN2c2ccn3ncc1c3n2. The van der Waals surface area contributed by atoms with Crippen LogP contribution in [0.5, 0.6) is 0 Å². The molecule has 3 aromatic rings. The summed E-state index contributed by atoms with van der Waals surface area (Å²) < 4.78 is 17.0. The Bertz CT molecular complexity index is 1170. The van der Waals surface area contributed by atoms with E-state index in [1.54, 1.807) is 12.3 Å². The summed E-state index contributed by atoms with van der Waals surface area (Å²) in [5.41, 5.74) is 0.672. The Morgan fingerprint density at radius 2 is 2.17 bits per heavy atom. The van der Waals surface area contributed by atoms with Gasteiger partial charge in [-0.3, -0.25) is 9.59 Å². The van der Waals surface area contributed by atoms with E-state index in [4.69, 9.17) is 0 Å². The Labute approximate surface area is 164 Å². The van der Waals surface area contributed by atoms with Crippen LogP contribution in [0, 0.1) is 5.82 Å². The van der Waals surface area contributed by atoms with Crippen LogP contribution in [0.25, 0.3) is 5.65 Å². The molecule has 0 aromatic carbocycles. The third kappa shape index (κ3) is 2.96. The van der Waals surface area contributed by atoms with Gasteiger partial charge in [0.15, 0.2) is 5.65 Å². The fourth-order valence-corrected chi connectivity index (χ4v) is 4.14. The lowest BCUT2D eigenvalue weighted by molar-refractivity contribution is 0.0904. The number of fused-ring (bicyclic) bond motifs is 6. The Kier molecular flexibility index (Phi) is 4.09. The molecule has 2 atom stereocenters. The van der Waals surface area contributed by atoms with E-state index in [9.17, 15) is 19.1 Å². The number of pyridine rings is 1. The Morgan fingerprint density at radius 1 is 1.31 bits per heavy atom. The largest absolute Gasteiger partial charge is 0.389 e. The van der Waals surface area contributed by atoms with E-state index in [2.05, 4.69) is 15.4 Å². The highest BCUT2D eigenvalue weighted by atomic mass is 19.1. The summed E-state index contributed by atoms with van der Waals surface area (Å²) in [6.07, 6.45) is 4.67. The summed E-state index contributed by atoms with van der Waals surface area (Å²) in [6, 6.07) is 2.71. The van der Waals surface area contributed by atoms with E-state index < -0.39 is 17.8 Å². The number of amides is 1. The number of aliphatic hydroxyl groups is 1. The van der Waals surface area contributed by atoms with Gasteiger partial charge < -0.3 is 19.9 Å². The molecule has 1 amide bonds. The lowest BCUT2D eigenvalue weighted by Gasteiger charge is -2.26. The first-order valence-corrected chi connectivity index (χ1v) is 9.48. The molecule has 0 saturated carbocycles. The van der Waals surface area contributed by atoms with Crippen LogP contribution in [0.3, 0.4) is 0 Å². The molecule has 5 rings (SSSR count). The van der Waals surface area contributed by atoms with Gasteiger partial charge in [0, 0.05) is 31.0 Å². The number of β-amino-alcohol motifs (C(OH)–C–C–N with tert-alkyl or cyclic N) is 1. The number of hydrogen-bond acceptors (Lipinski definition) is 6. The van der Waals surface area contributed by atoms with Gasteiger partial charge in [-0.2, -0.15) is 5.10 Å². The Morgan fingerprint density at radius 3 is 3.03 bits per heavy atom. The van der Waals surface area contributed by atoms with E-state index in [1.807, 2.05) is 4.90 Å². The van der Waals surface area contributed by atoms with Gasteiger partial charge >= 0.3 is 0 Å². The Hall–Kier alpha value is -3.27. The maximum Gasteiger partial charge on any atom is 0.256 e. The van der Waals surface area contributed by atoms with Crippen molar-refractivity contribution in [3.05, 3.63) is 58.0 Å². The molecule has 5 heterocycles. The average molecular weight is 398 g/mol. The summed E-state index contributed by atoms with van der Waals surface area (Å²) in [5.74, 6) is -0.371. The lowest BCUT2D eigenvalue weighted by Crippen LogP contribution is -2.38. The van der Waals surface area contributed by atoms with Crippen molar-refractivity contribution >= 4 is 17.4 Å². The fourth-order valence-electron chi connectivity index (χ4n) is 4.14. The maximum atomic E-state index is 14.3. The summed E-state index contributed by atoms with van der Waals surface area (Å²) >= 11 is 0. The lowest BCUT2D eigenvalue weighted by atomic mass is 10.1. The smallest absolute Gasteiger partial charge is 0.256 e. The molecule has 0 aliphatic carbocycles. The van der Waals surface area contributed by atoms with Gasteiger partial charge in [-0.15, -0.1) is 0 Å². The zero-order valence-corrected chi connectivity index (χ0v) is 15.5. The number of carbonyl (C=O) groups excluding carboxylic acids is 1. The van der Waals surface area contributed by atoms with Crippen LogP contribution in [0.1, 0.15) is 34.8 Å². The zero-order chi connectivity index (χ0) is 20.1. The average Bonchev–Trinajstić information content (AvgIpc) is 3.34. The van der Waals surface area contributed by atoms with Crippen LogP contribution in [0.15, 0.2) is 35.5 Å². The molecule has 3 aromatic heterocycles. The van der Waals surface area contributed by atoms with Crippen molar-refractivity contribution in [1.82, 2.24) is 24.5 Å². The van der Waals surface area contributed by atoms with Crippen molar-refractivity contribution in [3.8, 4) is 0 Å². The number of carbonyl (C=O) groups is 1. The molecule has 1 saturated heterocycles. The molecule has 29 heavy (non-hydrogen) atoms. The second-order valence-corrected chi connectivity index (χ2v) is 7.40. The molecule has 2 aliphatic rings. The highest BCUT2D eigenvalue weighted by Crippen LogP contribution is 2.34. The topological polar surface area (TPSA) is 105 Å². The van der Waals surface area contributed by atoms with E-state index in [0.717, 1.165) is 12.6 Å². The number of aliphatic hydroxyl groups excluding tert-OH is 1. The third-order valence-corrected chi connectivity index (χ3v) is 5.49. The highest BCUT2D eigenvalue weighted by molar-refractivity contribution is 5.99. The summed E-state index contributed by atoms with van der Waals surface area (Å²) in [4.78, 5) is 32.2. The van der Waals surface area contributed by atoms with E-state index in [0.29, 0.717) is 35.6 Å². The quantitative estimate of drug-likeness (QED) is 0.571. The molecule has 1 fully saturated rings. The van der Waals surface area contributed by atoms with Gasteiger partial charge in [0.1, 0.15) is 17.2 Å². The number of anilines is 1. The summed E-state index contributed by atoms with van der Waals surface area (Å²) in [7, 11) is 0. The van der Waals surface area contributed by atoms with E-state index in [-0.39, 0.29) is 24.7 Å². The highest BCUT2D eigenvalue weighted by Gasteiger charge is 2.31. The number of rotatable bonds is 0. The van der Waals surface area contributed by atoms with Crippen LogP contribution < -0.4 is 15.8 Å². The normalized spacial score (nSPS) is 21.9. The number of aromatic nitrogens is 4. The second-order valence-electron chi connectivity index (χ2n) is 7.40. The molecular formula is C19H19FN6O3. The number of nitrogens with one attached hydrogen (secondary N) is 1. The van der Waals surface area contributed by atoms with Crippen LogP contribution in [0.2, 0.25) is 0 Å². The standard InChI is InChI=1S/C19H19FN6O3/c20-11-6-13-15-2-1-4-25(15)16-3-5-26-17(23-16)14(8-22-26)18(28)21-7-12(27)10-24(9-11)19(13)29/h3,5-6,8-9,12,15,27H,1-2,4,7,10H2,(H,21,28)/t12-,15+/m0/s1. The fraction of sp³-hybridized carbons (Fsp3) is 0.368. The summed E-state index contributed by atoms with van der Waals surface area (Å²) in [5, 5.41) is 17.1. The predicted molar refractivity (Wildman–Crippen MR) is 101 cm³/mol. The molecule has 0 unspecified atom stereocenters. The first kappa shape index (κ1) is 17.8. The minimum absolute atomic E-state index is 0.0935. The summed E-state index contributed by atoms with van der Waals surface area (Å²) in [6.45, 7) is 0.440. The van der Waals surface area contributed by atoms with Gasteiger partial charge in [0.05, 0.1) is 24.9 Å². The number of nitrogens with zero attached hydrogens (tertiary/aromatic N) is 5. The molecule has 0 radical (unpaired) electrons. The van der Waals surface area contributed by atoms with E-state index >= 15 is 0 Å². The zero-order valence-electron chi connectivity index (χ0n) is 15.5. The van der Waals surface area contributed by atoms with Gasteiger partial charge in [-0.1, -0.05) is 0 Å². The van der Waals surface area contributed by atoms with Gasteiger partial charge in [0.25, 0.3) is 11.5 Å². The molecule has 150 valence electrons. The maximum absolute atomic E-state index is 14.3. The van der Waals surface area contributed by atoms with Crippen molar-refractivity contribution in [1.29, 1.82) is 0 Å². The van der Waals surface area contributed by atoms with Crippen molar-refractivity contribution < 1.29 is 14.3 Å². The van der Waals surface area contributed by atoms with Gasteiger partial charge in [-0.05, 0) is 25.0 Å². The molecule has 2 aliphatic heterocycles. The number of hydrogen-bond donors (Lipinski definition) is 2. The second kappa shape index (κ2) is 6.66. The third-order valence-electron chi connectivity index (χ3n) is 5.49. The van der Waals surface area contributed by atoms with Crippen molar-refractivity contribution in [3.63, 3.8) is 0 Å². The van der Waals surface area contributed by atoms with Gasteiger partial charge in [0.2, 0.25) is 0 Å². The molecule has 2 N–H and O–H groups in total. The van der Waals surface area contributed by atoms with E-state index in [1.165, 1.54) is 21.3 Å². The molecule has 10 heteroatoms. The van der Waals surface area contributed by atoms with Crippen molar-refractivity contribution in [2.24, 2.45) is 0 Å². The van der Waals surface area contributed by atoms with Crippen LogP contribution in [-0.4, -0.2) is 49.4 Å². The monoisotopic (exact) mass is 398 g/mol. The first-order chi connectivity index (χ1) is 14.0. The van der Waals surface area contributed by atoms with Crippen LogP contribution in [0.4, 0.5) is 10.2 Å². The predicted octanol–water partition coefficient (Wildman–Crippen LogP) is 0.476. The van der Waals surface area contributed by atoms with Crippen molar-refractivity contribution in [2.45, 2.75) is 31.5 Å². The van der Waals surface area contributed by atoms with Crippen molar-refractivity contribution in [2.75, 3.05) is 18.0 Å². The molecule has 9 nitrogen and oxygen atoms in total. The van der Waals surface area contributed by atoms with Gasteiger partial charge in [-0.25, -0.2) is 13.9 Å². The van der Waals surface area contributed by atoms with Crippen LogP contribution in [-0.2, 0) is 6.54 Å². The molecular weight excluding hydrogens is 379 g/mol. The molecule has 4 bridgehead atoms.